The average molecular weight is 254 g/mol. The molecule has 17 heavy (non-hydrogen) atoms. The number of rotatable bonds is 2. The first-order valence-corrected chi connectivity index (χ1v) is 6.18. The van der Waals surface area contributed by atoms with Gasteiger partial charge in [-0.3, -0.25) is 9.78 Å². The van der Waals surface area contributed by atoms with Crippen LogP contribution in [0.1, 0.15) is 19.8 Å². The highest BCUT2D eigenvalue weighted by atomic mass is 35.5. The Morgan fingerprint density at radius 1 is 1.65 bits per heavy atom. The molecule has 0 bridgehead atoms. The van der Waals surface area contributed by atoms with E-state index in [1.165, 1.54) is 0 Å². The third kappa shape index (κ3) is 3.17. The predicted octanol–water partition coefficient (Wildman–Crippen LogP) is 2.06. The van der Waals surface area contributed by atoms with Crippen molar-refractivity contribution in [2.75, 3.05) is 11.9 Å². The summed E-state index contributed by atoms with van der Waals surface area (Å²) in [5.41, 5.74) is 0.569. The van der Waals surface area contributed by atoms with Crippen LogP contribution in [0.15, 0.2) is 18.5 Å². The van der Waals surface area contributed by atoms with E-state index in [9.17, 15) is 4.79 Å². The summed E-state index contributed by atoms with van der Waals surface area (Å²) in [7, 11) is 0. The summed E-state index contributed by atoms with van der Waals surface area (Å²) >= 11 is 5.96. The topological polar surface area (TPSA) is 54.0 Å². The highest BCUT2D eigenvalue weighted by Crippen LogP contribution is 2.21. The fraction of sp³-hybridized carbons (Fsp3) is 0.500. The molecule has 1 fully saturated rings. The number of hydrogen-bond acceptors (Lipinski definition) is 3. The van der Waals surface area contributed by atoms with Crippen LogP contribution in [-0.2, 0) is 4.79 Å². The Hall–Kier alpha value is -1.13. The van der Waals surface area contributed by atoms with Gasteiger partial charge in [0.1, 0.15) is 0 Å². The summed E-state index contributed by atoms with van der Waals surface area (Å²) in [6.07, 6.45) is 5.15. The average Bonchev–Trinajstić information content (AvgIpc) is 2.32. The van der Waals surface area contributed by atoms with Crippen LogP contribution in [-0.4, -0.2) is 23.5 Å². The minimum atomic E-state index is -0.130. The van der Waals surface area contributed by atoms with Gasteiger partial charge in [0.25, 0.3) is 0 Å². The molecule has 2 heterocycles. The van der Waals surface area contributed by atoms with Gasteiger partial charge in [-0.05, 0) is 31.4 Å². The van der Waals surface area contributed by atoms with E-state index in [1.807, 2.05) is 0 Å². The normalized spacial score (nSPS) is 24.4. The van der Waals surface area contributed by atoms with Gasteiger partial charge in [-0.1, -0.05) is 18.5 Å². The van der Waals surface area contributed by atoms with Crippen molar-refractivity contribution in [3.8, 4) is 0 Å². The molecule has 1 aromatic heterocycles. The van der Waals surface area contributed by atoms with E-state index >= 15 is 0 Å². The number of hydrogen-bond donors (Lipinski definition) is 2. The molecule has 2 atom stereocenters. The molecule has 0 saturated carbocycles. The second-order valence-electron chi connectivity index (χ2n) is 4.48. The number of aromatic nitrogens is 1. The van der Waals surface area contributed by atoms with E-state index in [0.29, 0.717) is 16.6 Å². The van der Waals surface area contributed by atoms with Crippen molar-refractivity contribution in [1.29, 1.82) is 0 Å². The fourth-order valence-corrected chi connectivity index (χ4v) is 2.15. The second kappa shape index (κ2) is 5.47. The molecule has 0 radical (unpaired) electrons. The lowest BCUT2D eigenvalue weighted by Crippen LogP contribution is -2.45. The van der Waals surface area contributed by atoms with Crippen LogP contribution in [0.3, 0.4) is 0 Å². The molecule has 4 nitrogen and oxygen atoms in total. The van der Waals surface area contributed by atoms with Crippen molar-refractivity contribution in [3.05, 3.63) is 23.5 Å². The monoisotopic (exact) mass is 253 g/mol. The molecule has 0 spiro atoms. The van der Waals surface area contributed by atoms with E-state index < -0.39 is 0 Å². The molecule has 1 aromatic rings. The zero-order valence-electron chi connectivity index (χ0n) is 9.74. The molecular weight excluding hydrogens is 238 g/mol. The maximum Gasteiger partial charge on any atom is 0.241 e. The Morgan fingerprint density at radius 2 is 2.47 bits per heavy atom. The Morgan fingerprint density at radius 3 is 3.18 bits per heavy atom. The summed E-state index contributed by atoms with van der Waals surface area (Å²) in [6, 6.07) is 1.53. The van der Waals surface area contributed by atoms with Crippen molar-refractivity contribution >= 4 is 23.2 Å². The van der Waals surface area contributed by atoms with Crippen molar-refractivity contribution in [1.82, 2.24) is 10.3 Å². The van der Waals surface area contributed by atoms with E-state index in [0.717, 1.165) is 19.4 Å². The van der Waals surface area contributed by atoms with Crippen LogP contribution < -0.4 is 10.6 Å². The van der Waals surface area contributed by atoms with Crippen molar-refractivity contribution < 1.29 is 4.79 Å². The maximum absolute atomic E-state index is 12.0. The first-order valence-electron chi connectivity index (χ1n) is 5.80. The SMILES string of the molecule is CC1CCNC(C(=O)Nc2cnccc2Cl)C1. The van der Waals surface area contributed by atoms with Crippen LogP contribution in [0.2, 0.25) is 5.02 Å². The standard InChI is InChI=1S/C12H16ClN3O/c1-8-2-5-15-10(6-8)12(17)16-11-7-14-4-3-9(11)13/h3-4,7-8,10,15H,2,5-6H2,1H3,(H,16,17). The lowest BCUT2D eigenvalue weighted by atomic mass is 9.94. The number of halogens is 1. The van der Waals surface area contributed by atoms with Crippen molar-refractivity contribution in [3.63, 3.8) is 0 Å². The predicted molar refractivity (Wildman–Crippen MR) is 68.1 cm³/mol. The number of carbonyl (C=O) groups is 1. The number of anilines is 1. The highest BCUT2D eigenvalue weighted by molar-refractivity contribution is 6.33. The van der Waals surface area contributed by atoms with Gasteiger partial charge in [0.2, 0.25) is 5.91 Å². The lowest BCUT2D eigenvalue weighted by Gasteiger charge is -2.27. The minimum Gasteiger partial charge on any atom is -0.322 e. The smallest absolute Gasteiger partial charge is 0.241 e. The zero-order valence-corrected chi connectivity index (χ0v) is 10.5. The highest BCUT2D eigenvalue weighted by Gasteiger charge is 2.24. The largest absolute Gasteiger partial charge is 0.322 e. The van der Waals surface area contributed by atoms with Gasteiger partial charge >= 0.3 is 0 Å². The van der Waals surface area contributed by atoms with Gasteiger partial charge in [0.15, 0.2) is 0 Å². The van der Waals surface area contributed by atoms with Gasteiger partial charge in [-0.2, -0.15) is 0 Å². The van der Waals surface area contributed by atoms with Crippen LogP contribution in [0.25, 0.3) is 0 Å². The van der Waals surface area contributed by atoms with E-state index in [4.69, 9.17) is 11.6 Å². The third-order valence-corrected chi connectivity index (χ3v) is 3.34. The Bertz CT molecular complexity index is 410. The van der Waals surface area contributed by atoms with Crippen LogP contribution in [0.5, 0.6) is 0 Å². The van der Waals surface area contributed by atoms with E-state index in [1.54, 1.807) is 18.5 Å². The minimum absolute atomic E-state index is 0.0357. The Kier molecular flexibility index (Phi) is 3.97. The maximum atomic E-state index is 12.0. The molecule has 0 aliphatic carbocycles. The molecule has 92 valence electrons. The number of pyridine rings is 1. The first kappa shape index (κ1) is 12.3. The van der Waals surface area contributed by atoms with Gasteiger partial charge < -0.3 is 10.6 Å². The summed E-state index contributed by atoms with van der Waals surface area (Å²) in [4.78, 5) is 15.9. The van der Waals surface area contributed by atoms with Crippen LogP contribution in [0.4, 0.5) is 5.69 Å². The Balaban J connectivity index is 1.99. The van der Waals surface area contributed by atoms with E-state index in [-0.39, 0.29) is 11.9 Å². The van der Waals surface area contributed by atoms with Crippen molar-refractivity contribution in [2.24, 2.45) is 5.92 Å². The second-order valence-corrected chi connectivity index (χ2v) is 4.89. The third-order valence-electron chi connectivity index (χ3n) is 3.01. The van der Waals surface area contributed by atoms with Gasteiger partial charge in [-0.25, -0.2) is 0 Å². The number of piperidine rings is 1. The van der Waals surface area contributed by atoms with E-state index in [2.05, 4.69) is 22.5 Å². The molecule has 1 saturated heterocycles. The van der Waals surface area contributed by atoms with Crippen LogP contribution >= 0.6 is 11.6 Å². The molecule has 0 aromatic carbocycles. The van der Waals surface area contributed by atoms with Gasteiger partial charge in [0.05, 0.1) is 22.9 Å². The summed E-state index contributed by atoms with van der Waals surface area (Å²) in [6.45, 7) is 3.05. The number of nitrogens with one attached hydrogen (secondary N) is 2. The Labute approximate surface area is 106 Å². The molecular formula is C12H16ClN3O. The molecule has 1 amide bonds. The number of amides is 1. The number of carbonyl (C=O) groups excluding carboxylic acids is 1. The van der Waals surface area contributed by atoms with Crippen LogP contribution in [0, 0.1) is 5.92 Å². The molecule has 2 unspecified atom stereocenters. The zero-order chi connectivity index (χ0) is 12.3. The number of nitrogens with zero attached hydrogens (tertiary/aromatic N) is 1. The quantitative estimate of drug-likeness (QED) is 0.848. The fourth-order valence-electron chi connectivity index (χ4n) is 2.00. The van der Waals surface area contributed by atoms with Crippen molar-refractivity contribution in [2.45, 2.75) is 25.8 Å². The van der Waals surface area contributed by atoms with Gasteiger partial charge in [-0.15, -0.1) is 0 Å². The van der Waals surface area contributed by atoms with Gasteiger partial charge in [0, 0.05) is 6.20 Å². The summed E-state index contributed by atoms with van der Waals surface area (Å²) in [5, 5.41) is 6.53. The lowest BCUT2D eigenvalue weighted by molar-refractivity contribution is -0.119. The molecule has 1 aliphatic rings. The first-order chi connectivity index (χ1) is 8.16. The molecule has 5 heteroatoms. The molecule has 2 rings (SSSR count). The summed E-state index contributed by atoms with van der Waals surface area (Å²) in [5.74, 6) is 0.544. The summed E-state index contributed by atoms with van der Waals surface area (Å²) < 4.78 is 0. The molecule has 2 N–H and O–H groups in total. The molecule has 1 aliphatic heterocycles.